The van der Waals surface area contributed by atoms with Crippen LogP contribution in [0.3, 0.4) is 0 Å². The van der Waals surface area contributed by atoms with Gasteiger partial charge in [-0.1, -0.05) is 24.3 Å². The van der Waals surface area contributed by atoms with Crippen LogP contribution in [0.5, 0.6) is 5.75 Å². The largest absolute Gasteiger partial charge is 0.497 e. The summed E-state index contributed by atoms with van der Waals surface area (Å²) >= 11 is 0. The predicted octanol–water partition coefficient (Wildman–Crippen LogP) is 3.36. The Bertz CT molecular complexity index is 727. The number of carbonyl (C=O) groups excluding carboxylic acids is 1. The van der Waals surface area contributed by atoms with E-state index >= 15 is 0 Å². The number of amides is 1. The van der Waals surface area contributed by atoms with Gasteiger partial charge in [0.2, 0.25) is 5.91 Å². The highest BCUT2D eigenvalue weighted by molar-refractivity contribution is 5.76. The normalized spacial score (nSPS) is 16.5. The van der Waals surface area contributed by atoms with Gasteiger partial charge in [0.15, 0.2) is 0 Å². The zero-order valence-electron chi connectivity index (χ0n) is 15.1. The van der Waals surface area contributed by atoms with Gasteiger partial charge in [0.05, 0.1) is 7.11 Å². The maximum absolute atomic E-state index is 13.5. The lowest BCUT2D eigenvalue weighted by atomic mass is 10.0. The first-order valence-corrected chi connectivity index (χ1v) is 9.00. The molecule has 1 aliphatic rings. The highest BCUT2D eigenvalue weighted by Gasteiger charge is 2.22. The van der Waals surface area contributed by atoms with Crippen LogP contribution in [0, 0.1) is 11.7 Å². The smallest absolute Gasteiger partial charge is 0.223 e. The Morgan fingerprint density at radius 2 is 1.96 bits per heavy atom. The number of ether oxygens (including phenoxy) is 1. The fraction of sp³-hybridized carbons (Fsp3) is 0.381. The number of carbonyl (C=O) groups is 1. The molecule has 1 fully saturated rings. The quantitative estimate of drug-likeness (QED) is 0.827. The minimum Gasteiger partial charge on any atom is -0.497 e. The zero-order chi connectivity index (χ0) is 18.4. The number of hydrogen-bond donors (Lipinski definition) is 1. The van der Waals surface area contributed by atoms with Gasteiger partial charge in [-0.15, -0.1) is 0 Å². The van der Waals surface area contributed by atoms with Gasteiger partial charge in [0, 0.05) is 19.5 Å². The van der Waals surface area contributed by atoms with E-state index in [0.717, 1.165) is 36.4 Å². The van der Waals surface area contributed by atoms with Crippen LogP contribution in [0.1, 0.15) is 24.0 Å². The van der Waals surface area contributed by atoms with E-state index in [-0.39, 0.29) is 11.7 Å². The molecule has 1 atom stereocenters. The lowest BCUT2D eigenvalue weighted by Crippen LogP contribution is -2.32. The van der Waals surface area contributed by atoms with Crippen LogP contribution in [-0.2, 0) is 17.9 Å². The van der Waals surface area contributed by atoms with Crippen molar-refractivity contribution in [3.05, 3.63) is 65.5 Å². The second-order valence-corrected chi connectivity index (χ2v) is 6.79. The maximum Gasteiger partial charge on any atom is 0.223 e. The van der Waals surface area contributed by atoms with Crippen LogP contribution in [0.15, 0.2) is 48.5 Å². The van der Waals surface area contributed by atoms with E-state index in [2.05, 4.69) is 5.32 Å². The number of methoxy groups -OCH3 is 1. The summed E-state index contributed by atoms with van der Waals surface area (Å²) in [6, 6.07) is 14.1. The Balaban J connectivity index is 1.73. The van der Waals surface area contributed by atoms with E-state index in [1.807, 2.05) is 35.2 Å². The van der Waals surface area contributed by atoms with Crippen LogP contribution in [0.2, 0.25) is 0 Å². The van der Waals surface area contributed by atoms with Crippen molar-refractivity contribution in [3.8, 4) is 5.75 Å². The van der Waals surface area contributed by atoms with Gasteiger partial charge >= 0.3 is 0 Å². The molecule has 2 aromatic rings. The highest BCUT2D eigenvalue weighted by atomic mass is 19.1. The summed E-state index contributed by atoms with van der Waals surface area (Å²) in [6.07, 6.45) is 1.56. The maximum atomic E-state index is 13.5. The van der Waals surface area contributed by atoms with Crippen molar-refractivity contribution in [2.24, 2.45) is 5.92 Å². The molecule has 1 unspecified atom stereocenters. The van der Waals surface area contributed by atoms with Crippen LogP contribution in [0.4, 0.5) is 4.39 Å². The Labute approximate surface area is 154 Å². The van der Waals surface area contributed by atoms with Crippen molar-refractivity contribution in [2.45, 2.75) is 25.9 Å². The summed E-state index contributed by atoms with van der Waals surface area (Å²) in [5.41, 5.74) is 1.83. The number of rotatable bonds is 7. The van der Waals surface area contributed by atoms with Crippen molar-refractivity contribution in [2.75, 3.05) is 20.2 Å². The molecule has 138 valence electrons. The minimum absolute atomic E-state index is 0.110. The summed E-state index contributed by atoms with van der Waals surface area (Å²) in [5, 5.41) is 3.30. The number of benzene rings is 2. The van der Waals surface area contributed by atoms with Gasteiger partial charge in [0.1, 0.15) is 11.6 Å². The Morgan fingerprint density at radius 1 is 1.19 bits per heavy atom. The van der Waals surface area contributed by atoms with E-state index in [1.165, 1.54) is 12.1 Å². The van der Waals surface area contributed by atoms with Gasteiger partial charge in [-0.05, 0) is 60.8 Å². The second-order valence-electron chi connectivity index (χ2n) is 6.79. The summed E-state index contributed by atoms with van der Waals surface area (Å²) in [5.74, 6) is 1.00. The predicted molar refractivity (Wildman–Crippen MR) is 99.2 cm³/mol. The third-order valence-corrected chi connectivity index (χ3v) is 4.77. The lowest BCUT2D eigenvalue weighted by molar-refractivity contribution is -0.133. The van der Waals surface area contributed by atoms with Crippen LogP contribution < -0.4 is 10.1 Å². The third kappa shape index (κ3) is 5.05. The Hall–Kier alpha value is -2.40. The zero-order valence-corrected chi connectivity index (χ0v) is 15.1. The van der Waals surface area contributed by atoms with E-state index in [1.54, 1.807) is 13.2 Å². The van der Waals surface area contributed by atoms with Crippen LogP contribution in [-0.4, -0.2) is 31.0 Å². The van der Waals surface area contributed by atoms with E-state index in [4.69, 9.17) is 4.74 Å². The number of hydrogen-bond acceptors (Lipinski definition) is 3. The van der Waals surface area contributed by atoms with E-state index in [0.29, 0.717) is 25.4 Å². The first-order chi connectivity index (χ1) is 12.6. The van der Waals surface area contributed by atoms with Gasteiger partial charge < -0.3 is 15.0 Å². The second kappa shape index (κ2) is 8.81. The molecule has 1 heterocycles. The fourth-order valence-electron chi connectivity index (χ4n) is 3.30. The highest BCUT2D eigenvalue weighted by Crippen LogP contribution is 2.19. The topological polar surface area (TPSA) is 41.6 Å². The number of nitrogens with zero attached hydrogens (tertiary/aromatic N) is 1. The molecule has 0 saturated carbocycles. The van der Waals surface area contributed by atoms with Gasteiger partial charge in [-0.3, -0.25) is 4.79 Å². The van der Waals surface area contributed by atoms with Crippen molar-refractivity contribution in [3.63, 3.8) is 0 Å². The molecular weight excluding hydrogens is 331 g/mol. The molecule has 4 nitrogen and oxygen atoms in total. The first-order valence-electron chi connectivity index (χ1n) is 9.00. The average molecular weight is 356 g/mol. The molecule has 5 heteroatoms. The van der Waals surface area contributed by atoms with E-state index < -0.39 is 0 Å². The third-order valence-electron chi connectivity index (χ3n) is 4.77. The monoisotopic (exact) mass is 356 g/mol. The summed E-state index contributed by atoms with van der Waals surface area (Å²) in [7, 11) is 1.63. The Morgan fingerprint density at radius 3 is 2.62 bits per heavy atom. The number of halogens is 1. The SMILES string of the molecule is COc1ccc(CN(Cc2cccc(F)c2)C(=O)CC2CCNC2)cc1. The Kier molecular flexibility index (Phi) is 6.23. The molecule has 0 radical (unpaired) electrons. The van der Waals surface area contributed by atoms with Crippen molar-refractivity contribution in [1.82, 2.24) is 10.2 Å². The summed E-state index contributed by atoms with van der Waals surface area (Å²) in [6.45, 7) is 2.77. The molecule has 3 rings (SSSR count). The standard InChI is InChI=1S/C21H25FN2O2/c1-26-20-7-5-16(6-8-20)14-24(15-18-3-2-4-19(22)11-18)21(25)12-17-9-10-23-13-17/h2-8,11,17,23H,9-10,12-15H2,1H3. The average Bonchev–Trinajstić information content (AvgIpc) is 3.15. The molecule has 2 aromatic carbocycles. The fourth-order valence-corrected chi connectivity index (χ4v) is 3.30. The molecule has 26 heavy (non-hydrogen) atoms. The summed E-state index contributed by atoms with van der Waals surface area (Å²) in [4.78, 5) is 14.7. The first kappa shape index (κ1) is 18.4. The molecule has 1 N–H and O–H groups in total. The van der Waals surface area contributed by atoms with Gasteiger partial charge in [0.25, 0.3) is 0 Å². The van der Waals surface area contributed by atoms with Crippen LogP contribution >= 0.6 is 0 Å². The van der Waals surface area contributed by atoms with Gasteiger partial charge in [-0.25, -0.2) is 4.39 Å². The molecule has 0 bridgehead atoms. The molecular formula is C21H25FN2O2. The van der Waals surface area contributed by atoms with E-state index in [9.17, 15) is 9.18 Å². The van der Waals surface area contributed by atoms with Crippen molar-refractivity contribution < 1.29 is 13.9 Å². The summed E-state index contributed by atoms with van der Waals surface area (Å²) < 4.78 is 18.7. The molecule has 0 aromatic heterocycles. The van der Waals surface area contributed by atoms with Crippen LogP contribution in [0.25, 0.3) is 0 Å². The molecule has 1 amide bonds. The molecule has 1 aliphatic heterocycles. The molecule has 1 saturated heterocycles. The van der Waals surface area contributed by atoms with Crippen molar-refractivity contribution >= 4 is 5.91 Å². The van der Waals surface area contributed by atoms with Gasteiger partial charge in [-0.2, -0.15) is 0 Å². The number of nitrogens with one attached hydrogen (secondary N) is 1. The van der Waals surface area contributed by atoms with Crippen molar-refractivity contribution in [1.29, 1.82) is 0 Å². The molecule has 0 aliphatic carbocycles. The minimum atomic E-state index is -0.278. The molecule has 0 spiro atoms. The lowest BCUT2D eigenvalue weighted by Gasteiger charge is -2.24.